The molecule has 6 heteroatoms. The van der Waals surface area contributed by atoms with Crippen molar-refractivity contribution in [2.45, 2.75) is 6.42 Å². The molecule has 1 unspecified atom stereocenters. The summed E-state index contributed by atoms with van der Waals surface area (Å²) in [6.07, 6.45) is 0.840. The van der Waals surface area contributed by atoms with E-state index in [1.54, 1.807) is 30.1 Å². The predicted octanol–water partition coefficient (Wildman–Crippen LogP) is 0.321. The highest BCUT2D eigenvalue weighted by Crippen LogP contribution is 2.20. The summed E-state index contributed by atoms with van der Waals surface area (Å²) in [7, 11) is 1.69. The summed E-state index contributed by atoms with van der Waals surface area (Å²) in [6, 6.07) is 5.23. The fourth-order valence-corrected chi connectivity index (χ4v) is 2.72. The third kappa shape index (κ3) is 2.02. The van der Waals surface area contributed by atoms with Crippen LogP contribution in [0.2, 0.25) is 0 Å². The molecular formula is C14H17N3O3. The van der Waals surface area contributed by atoms with Gasteiger partial charge in [-0.3, -0.25) is 9.36 Å². The number of likely N-dealkylation sites (tertiary alicyclic amines) is 1. The molecule has 1 saturated heterocycles. The van der Waals surface area contributed by atoms with Crippen LogP contribution in [0.1, 0.15) is 16.8 Å². The van der Waals surface area contributed by atoms with Gasteiger partial charge in [-0.05, 0) is 24.6 Å². The van der Waals surface area contributed by atoms with Gasteiger partial charge < -0.3 is 15.0 Å². The van der Waals surface area contributed by atoms with Gasteiger partial charge >= 0.3 is 5.69 Å². The Morgan fingerprint density at radius 1 is 1.50 bits per heavy atom. The van der Waals surface area contributed by atoms with Gasteiger partial charge in [0.2, 0.25) is 0 Å². The SMILES string of the molecule is Cn1c(=O)[nH]c2cc(C(=O)N3CCC(CO)C3)ccc21. The second kappa shape index (κ2) is 4.79. The minimum Gasteiger partial charge on any atom is -0.396 e. The van der Waals surface area contributed by atoms with E-state index in [0.29, 0.717) is 24.2 Å². The Hall–Kier alpha value is -2.08. The van der Waals surface area contributed by atoms with Crippen LogP contribution >= 0.6 is 0 Å². The van der Waals surface area contributed by atoms with E-state index in [9.17, 15) is 9.59 Å². The van der Waals surface area contributed by atoms with Crippen molar-refractivity contribution in [1.29, 1.82) is 0 Å². The summed E-state index contributed by atoms with van der Waals surface area (Å²) in [4.78, 5) is 28.4. The van der Waals surface area contributed by atoms with E-state index in [2.05, 4.69) is 4.98 Å². The quantitative estimate of drug-likeness (QED) is 0.828. The van der Waals surface area contributed by atoms with Crippen molar-refractivity contribution in [3.63, 3.8) is 0 Å². The fourth-order valence-electron chi connectivity index (χ4n) is 2.72. The van der Waals surface area contributed by atoms with Crippen LogP contribution < -0.4 is 5.69 Å². The van der Waals surface area contributed by atoms with Crippen molar-refractivity contribution in [2.24, 2.45) is 13.0 Å². The predicted molar refractivity (Wildman–Crippen MR) is 74.6 cm³/mol. The summed E-state index contributed by atoms with van der Waals surface area (Å²) in [5.41, 5.74) is 1.83. The standard InChI is InChI=1S/C14H17N3O3/c1-16-12-3-2-10(6-11(12)15-14(16)20)13(19)17-5-4-9(7-17)8-18/h2-3,6,9,18H,4-5,7-8H2,1H3,(H,15,20). The van der Waals surface area contributed by atoms with Gasteiger partial charge in [-0.1, -0.05) is 0 Å². The molecule has 0 saturated carbocycles. The van der Waals surface area contributed by atoms with Gasteiger partial charge in [-0.2, -0.15) is 0 Å². The molecule has 1 aromatic heterocycles. The summed E-state index contributed by atoms with van der Waals surface area (Å²) in [5.74, 6) is 0.131. The van der Waals surface area contributed by atoms with E-state index in [-0.39, 0.29) is 24.1 Å². The highest BCUT2D eigenvalue weighted by molar-refractivity contribution is 5.97. The summed E-state index contributed by atoms with van der Waals surface area (Å²) in [6.45, 7) is 1.39. The molecule has 3 rings (SSSR count). The number of hydrogen-bond acceptors (Lipinski definition) is 3. The van der Waals surface area contributed by atoms with Crippen molar-refractivity contribution < 1.29 is 9.90 Å². The Kier molecular flexibility index (Phi) is 3.10. The van der Waals surface area contributed by atoms with Crippen LogP contribution in [0, 0.1) is 5.92 Å². The monoisotopic (exact) mass is 275 g/mol. The molecule has 1 atom stereocenters. The number of aliphatic hydroxyl groups is 1. The minimum atomic E-state index is -0.189. The Bertz CT molecular complexity index is 716. The first-order chi connectivity index (χ1) is 9.60. The molecular weight excluding hydrogens is 258 g/mol. The van der Waals surface area contributed by atoms with Crippen LogP contribution in [0.5, 0.6) is 0 Å². The molecule has 6 nitrogen and oxygen atoms in total. The number of H-pyrrole nitrogens is 1. The molecule has 20 heavy (non-hydrogen) atoms. The zero-order chi connectivity index (χ0) is 14.3. The smallest absolute Gasteiger partial charge is 0.326 e. The first kappa shape index (κ1) is 12.9. The molecule has 1 amide bonds. The van der Waals surface area contributed by atoms with Gasteiger partial charge in [0.15, 0.2) is 0 Å². The Labute approximate surface area is 115 Å². The highest BCUT2D eigenvalue weighted by Gasteiger charge is 2.26. The van der Waals surface area contributed by atoms with Crippen LogP contribution in [-0.4, -0.2) is 45.2 Å². The number of imidazole rings is 1. The van der Waals surface area contributed by atoms with Crippen molar-refractivity contribution >= 4 is 16.9 Å². The van der Waals surface area contributed by atoms with Crippen molar-refractivity contribution in [2.75, 3.05) is 19.7 Å². The summed E-state index contributed by atoms with van der Waals surface area (Å²) in [5, 5.41) is 9.13. The molecule has 0 bridgehead atoms. The van der Waals surface area contributed by atoms with Crippen LogP contribution in [-0.2, 0) is 7.05 Å². The number of amides is 1. The summed E-state index contributed by atoms with van der Waals surface area (Å²) >= 11 is 0. The maximum Gasteiger partial charge on any atom is 0.326 e. The molecule has 2 aromatic rings. The number of nitrogens with zero attached hydrogens (tertiary/aromatic N) is 2. The van der Waals surface area contributed by atoms with E-state index in [1.165, 1.54) is 4.57 Å². The first-order valence-electron chi connectivity index (χ1n) is 6.69. The van der Waals surface area contributed by atoms with Crippen LogP contribution in [0.25, 0.3) is 11.0 Å². The third-order valence-corrected chi connectivity index (χ3v) is 3.98. The van der Waals surface area contributed by atoms with Gasteiger partial charge in [0, 0.05) is 38.2 Å². The molecule has 1 aliphatic rings. The average Bonchev–Trinajstić information content (AvgIpc) is 3.04. The Morgan fingerprint density at radius 2 is 2.30 bits per heavy atom. The van der Waals surface area contributed by atoms with Crippen molar-refractivity contribution in [1.82, 2.24) is 14.5 Å². The maximum absolute atomic E-state index is 12.4. The highest BCUT2D eigenvalue weighted by atomic mass is 16.3. The fraction of sp³-hybridized carbons (Fsp3) is 0.429. The molecule has 0 radical (unpaired) electrons. The van der Waals surface area contributed by atoms with Crippen LogP contribution in [0.3, 0.4) is 0 Å². The number of aromatic nitrogens is 2. The van der Waals surface area contributed by atoms with E-state index in [4.69, 9.17) is 5.11 Å². The van der Waals surface area contributed by atoms with Crippen molar-refractivity contribution in [3.05, 3.63) is 34.2 Å². The molecule has 1 aliphatic heterocycles. The van der Waals surface area contributed by atoms with Gasteiger partial charge in [-0.25, -0.2) is 4.79 Å². The molecule has 1 aromatic carbocycles. The lowest BCUT2D eigenvalue weighted by Gasteiger charge is -2.16. The third-order valence-electron chi connectivity index (χ3n) is 3.98. The maximum atomic E-state index is 12.4. The second-order valence-corrected chi connectivity index (χ2v) is 5.31. The lowest BCUT2D eigenvalue weighted by atomic mass is 10.1. The average molecular weight is 275 g/mol. The number of aliphatic hydroxyl groups excluding tert-OH is 1. The Balaban J connectivity index is 1.90. The molecule has 0 spiro atoms. The normalized spacial score (nSPS) is 18.9. The first-order valence-corrected chi connectivity index (χ1v) is 6.69. The Morgan fingerprint density at radius 3 is 3.00 bits per heavy atom. The van der Waals surface area contributed by atoms with Crippen LogP contribution in [0.15, 0.2) is 23.0 Å². The van der Waals surface area contributed by atoms with E-state index in [1.807, 2.05) is 0 Å². The lowest BCUT2D eigenvalue weighted by molar-refractivity contribution is 0.0782. The van der Waals surface area contributed by atoms with E-state index in [0.717, 1.165) is 11.9 Å². The zero-order valence-corrected chi connectivity index (χ0v) is 11.3. The number of nitrogens with one attached hydrogen (secondary N) is 1. The largest absolute Gasteiger partial charge is 0.396 e. The lowest BCUT2D eigenvalue weighted by Crippen LogP contribution is -2.29. The number of benzene rings is 1. The number of carbonyl (C=O) groups excluding carboxylic acids is 1. The molecule has 106 valence electrons. The minimum absolute atomic E-state index is 0.0486. The number of rotatable bonds is 2. The van der Waals surface area contributed by atoms with Gasteiger partial charge in [0.1, 0.15) is 0 Å². The van der Waals surface area contributed by atoms with Gasteiger partial charge in [0.25, 0.3) is 5.91 Å². The molecule has 1 fully saturated rings. The second-order valence-electron chi connectivity index (χ2n) is 5.31. The molecule has 2 N–H and O–H groups in total. The number of fused-ring (bicyclic) bond motifs is 1. The molecule has 0 aliphatic carbocycles. The number of aromatic amines is 1. The van der Waals surface area contributed by atoms with Gasteiger partial charge in [0.05, 0.1) is 11.0 Å². The zero-order valence-electron chi connectivity index (χ0n) is 11.3. The van der Waals surface area contributed by atoms with E-state index < -0.39 is 0 Å². The number of aryl methyl sites for hydroxylation is 1. The van der Waals surface area contributed by atoms with E-state index >= 15 is 0 Å². The van der Waals surface area contributed by atoms with Crippen LogP contribution in [0.4, 0.5) is 0 Å². The topological polar surface area (TPSA) is 78.3 Å². The van der Waals surface area contributed by atoms with Gasteiger partial charge in [-0.15, -0.1) is 0 Å². The summed E-state index contributed by atoms with van der Waals surface area (Å²) < 4.78 is 1.52. The number of carbonyl (C=O) groups is 1. The molecule has 2 heterocycles. The number of hydrogen-bond donors (Lipinski definition) is 2. The van der Waals surface area contributed by atoms with Crippen molar-refractivity contribution in [3.8, 4) is 0 Å².